The third-order valence-electron chi connectivity index (χ3n) is 4.33. The van der Waals surface area contributed by atoms with E-state index in [-0.39, 0.29) is 11.7 Å². The Hall–Kier alpha value is -3.23. The zero-order valence-corrected chi connectivity index (χ0v) is 18.3. The number of benzene rings is 2. The Labute approximate surface area is 189 Å². The smallest absolute Gasteiger partial charge is 0.234 e. The van der Waals surface area contributed by atoms with E-state index in [1.54, 1.807) is 0 Å². The number of thioether (sulfide) groups is 1. The first-order valence-electron chi connectivity index (χ1n) is 9.65. The number of carbonyl (C=O) groups is 1. The fraction of sp³-hybridized carbons (Fsp3) is 0.136. The van der Waals surface area contributed by atoms with Crippen LogP contribution in [0, 0.1) is 0 Å². The SMILES string of the molecule is CCOc1ccccc1NC(=O)CSc1nnc(-c2ccc(Cl)cc2)n1-n1cccc1. The molecule has 0 spiro atoms. The highest BCUT2D eigenvalue weighted by molar-refractivity contribution is 7.99. The summed E-state index contributed by atoms with van der Waals surface area (Å²) in [5.74, 6) is 1.30. The van der Waals surface area contributed by atoms with Crippen molar-refractivity contribution in [2.75, 3.05) is 17.7 Å². The van der Waals surface area contributed by atoms with Crippen LogP contribution in [0.2, 0.25) is 5.02 Å². The number of amides is 1. The molecule has 0 aliphatic carbocycles. The summed E-state index contributed by atoms with van der Waals surface area (Å²) >= 11 is 7.32. The van der Waals surface area contributed by atoms with Gasteiger partial charge in [-0.1, -0.05) is 35.5 Å². The summed E-state index contributed by atoms with van der Waals surface area (Å²) in [5.41, 5.74) is 1.51. The molecule has 0 aliphatic heterocycles. The molecule has 31 heavy (non-hydrogen) atoms. The van der Waals surface area contributed by atoms with Gasteiger partial charge in [0.2, 0.25) is 11.1 Å². The van der Waals surface area contributed by atoms with Crippen LogP contribution >= 0.6 is 23.4 Å². The molecule has 0 atom stereocenters. The van der Waals surface area contributed by atoms with Crippen molar-refractivity contribution in [1.29, 1.82) is 0 Å². The van der Waals surface area contributed by atoms with Gasteiger partial charge in [-0.25, -0.2) is 4.68 Å². The summed E-state index contributed by atoms with van der Waals surface area (Å²) in [6.07, 6.45) is 3.79. The topological polar surface area (TPSA) is 74.0 Å². The molecular weight excluding hydrogens is 434 g/mol. The summed E-state index contributed by atoms with van der Waals surface area (Å²) in [4.78, 5) is 12.6. The number of carbonyl (C=O) groups excluding carboxylic acids is 1. The quantitative estimate of drug-likeness (QED) is 0.386. The largest absolute Gasteiger partial charge is 0.492 e. The highest BCUT2D eigenvalue weighted by Gasteiger charge is 2.17. The van der Waals surface area contributed by atoms with Crippen molar-refractivity contribution in [2.24, 2.45) is 0 Å². The first-order chi connectivity index (χ1) is 15.2. The summed E-state index contributed by atoms with van der Waals surface area (Å²) in [7, 11) is 0. The van der Waals surface area contributed by atoms with Crippen LogP contribution in [0.3, 0.4) is 0 Å². The zero-order chi connectivity index (χ0) is 21.6. The van der Waals surface area contributed by atoms with Crippen LogP contribution in [0.5, 0.6) is 5.75 Å². The second-order valence-corrected chi connectivity index (χ2v) is 7.83. The highest BCUT2D eigenvalue weighted by Crippen LogP contribution is 2.27. The Balaban J connectivity index is 1.54. The lowest BCUT2D eigenvalue weighted by atomic mass is 10.2. The molecule has 2 aromatic carbocycles. The van der Waals surface area contributed by atoms with Gasteiger partial charge < -0.3 is 10.1 Å². The Morgan fingerprint density at radius 3 is 2.55 bits per heavy atom. The monoisotopic (exact) mass is 453 g/mol. The number of hydrogen-bond acceptors (Lipinski definition) is 5. The van der Waals surface area contributed by atoms with Crippen LogP contribution in [0.4, 0.5) is 5.69 Å². The van der Waals surface area contributed by atoms with Crippen LogP contribution in [0.25, 0.3) is 11.4 Å². The van der Waals surface area contributed by atoms with E-state index in [4.69, 9.17) is 16.3 Å². The lowest BCUT2D eigenvalue weighted by Gasteiger charge is -2.12. The number of anilines is 1. The van der Waals surface area contributed by atoms with Crippen LogP contribution in [-0.2, 0) is 4.79 Å². The van der Waals surface area contributed by atoms with Crippen LogP contribution in [-0.4, -0.2) is 37.8 Å². The molecule has 2 heterocycles. The Kier molecular flexibility index (Phi) is 6.59. The first kappa shape index (κ1) is 21.0. The molecule has 4 aromatic rings. The average Bonchev–Trinajstić information content (AvgIpc) is 3.44. The van der Waals surface area contributed by atoms with Crippen molar-refractivity contribution in [3.63, 3.8) is 0 Å². The number of aromatic nitrogens is 4. The molecular formula is C22H20ClN5O2S. The second-order valence-electron chi connectivity index (χ2n) is 6.45. The number of ether oxygens (including phenoxy) is 1. The summed E-state index contributed by atoms with van der Waals surface area (Å²) in [5, 5.41) is 12.8. The standard InChI is InChI=1S/C22H20ClN5O2S/c1-2-30-19-8-4-3-7-18(19)24-20(29)15-31-22-26-25-21(16-9-11-17(23)12-10-16)28(22)27-13-5-6-14-27/h3-14H,2,15H2,1H3,(H,24,29). The molecule has 2 aromatic heterocycles. The molecule has 0 unspecified atom stereocenters. The summed E-state index contributed by atoms with van der Waals surface area (Å²) < 4.78 is 9.29. The van der Waals surface area contributed by atoms with Gasteiger partial charge in [0.25, 0.3) is 0 Å². The van der Waals surface area contributed by atoms with Crippen molar-refractivity contribution in [2.45, 2.75) is 12.1 Å². The van der Waals surface area contributed by atoms with Crippen LogP contribution in [0.1, 0.15) is 6.92 Å². The maximum absolute atomic E-state index is 12.6. The molecule has 4 rings (SSSR count). The normalized spacial score (nSPS) is 10.8. The number of rotatable bonds is 8. The lowest BCUT2D eigenvalue weighted by molar-refractivity contribution is -0.113. The Bertz CT molecular complexity index is 1160. The number of nitrogens with zero attached hydrogens (tertiary/aromatic N) is 4. The van der Waals surface area contributed by atoms with Gasteiger partial charge in [0.05, 0.1) is 18.0 Å². The minimum Gasteiger partial charge on any atom is -0.492 e. The van der Waals surface area contributed by atoms with Gasteiger partial charge in [0.1, 0.15) is 5.75 Å². The van der Waals surface area contributed by atoms with Crippen molar-refractivity contribution in [3.05, 3.63) is 78.1 Å². The Morgan fingerprint density at radius 1 is 1.06 bits per heavy atom. The maximum atomic E-state index is 12.6. The molecule has 9 heteroatoms. The van der Waals surface area contributed by atoms with Gasteiger partial charge in [-0.2, -0.15) is 0 Å². The average molecular weight is 454 g/mol. The fourth-order valence-corrected chi connectivity index (χ4v) is 3.83. The third kappa shape index (κ3) is 4.92. The maximum Gasteiger partial charge on any atom is 0.234 e. The number of nitrogens with one attached hydrogen (secondary N) is 1. The van der Waals surface area contributed by atoms with E-state index in [0.717, 1.165) is 5.56 Å². The molecule has 158 valence electrons. The predicted octanol–water partition coefficient (Wildman–Crippen LogP) is 4.84. The van der Waals surface area contributed by atoms with Gasteiger partial charge in [0, 0.05) is 23.0 Å². The van der Waals surface area contributed by atoms with Crippen molar-refractivity contribution < 1.29 is 9.53 Å². The van der Waals surface area contributed by atoms with E-state index in [9.17, 15) is 4.79 Å². The van der Waals surface area contributed by atoms with E-state index in [1.807, 2.05) is 89.3 Å². The van der Waals surface area contributed by atoms with Gasteiger partial charge in [0.15, 0.2) is 5.82 Å². The fourth-order valence-electron chi connectivity index (χ4n) is 2.97. The van der Waals surface area contributed by atoms with E-state index < -0.39 is 0 Å². The summed E-state index contributed by atoms with van der Waals surface area (Å²) in [6.45, 7) is 2.43. The minimum absolute atomic E-state index is 0.160. The Morgan fingerprint density at radius 2 is 1.81 bits per heavy atom. The molecule has 0 fully saturated rings. The third-order valence-corrected chi connectivity index (χ3v) is 5.50. The molecule has 0 aliphatic rings. The van der Waals surface area contributed by atoms with Crippen molar-refractivity contribution in [1.82, 2.24) is 19.5 Å². The number of para-hydroxylation sites is 2. The minimum atomic E-state index is -0.160. The van der Waals surface area contributed by atoms with Crippen LogP contribution < -0.4 is 10.1 Å². The van der Waals surface area contributed by atoms with E-state index in [2.05, 4.69) is 15.5 Å². The molecule has 0 saturated carbocycles. The van der Waals surface area contributed by atoms with E-state index in [1.165, 1.54) is 11.8 Å². The molecule has 0 saturated heterocycles. The van der Waals surface area contributed by atoms with Crippen molar-refractivity contribution >= 4 is 35.0 Å². The van der Waals surface area contributed by atoms with Gasteiger partial charge in [-0.3, -0.25) is 9.47 Å². The van der Waals surface area contributed by atoms with Crippen LogP contribution in [0.15, 0.2) is 78.2 Å². The molecule has 0 radical (unpaired) electrons. The van der Waals surface area contributed by atoms with E-state index >= 15 is 0 Å². The van der Waals surface area contributed by atoms with Gasteiger partial charge >= 0.3 is 0 Å². The van der Waals surface area contributed by atoms with Crippen molar-refractivity contribution in [3.8, 4) is 17.1 Å². The molecule has 1 amide bonds. The van der Waals surface area contributed by atoms with Gasteiger partial charge in [-0.15, -0.1) is 10.2 Å². The predicted molar refractivity (Wildman–Crippen MR) is 123 cm³/mol. The zero-order valence-electron chi connectivity index (χ0n) is 16.7. The first-order valence-corrected chi connectivity index (χ1v) is 11.0. The number of hydrogen-bond donors (Lipinski definition) is 1. The lowest BCUT2D eigenvalue weighted by Crippen LogP contribution is -2.16. The van der Waals surface area contributed by atoms with E-state index in [0.29, 0.717) is 34.0 Å². The van der Waals surface area contributed by atoms with Gasteiger partial charge in [-0.05, 0) is 55.5 Å². The number of halogens is 1. The molecule has 7 nitrogen and oxygen atoms in total. The highest BCUT2D eigenvalue weighted by atomic mass is 35.5. The summed E-state index contributed by atoms with van der Waals surface area (Å²) in [6, 6.07) is 18.6. The molecule has 0 bridgehead atoms. The molecule has 1 N–H and O–H groups in total. The second kappa shape index (κ2) is 9.72.